The highest BCUT2D eigenvalue weighted by Crippen LogP contribution is 2.29. The Hall–Kier alpha value is -3.75. The Kier molecular flexibility index (Phi) is 8.73. The zero-order valence-electron chi connectivity index (χ0n) is 18.3. The lowest BCUT2D eigenvalue weighted by Gasteiger charge is -2.11. The monoisotopic (exact) mass is 501 g/mol. The van der Waals surface area contributed by atoms with Crippen LogP contribution in [0.25, 0.3) is 0 Å². The molecule has 3 aromatic rings. The highest BCUT2D eigenvalue weighted by Gasteiger charge is 2.16. The first-order valence-electron chi connectivity index (χ1n) is 9.93. The van der Waals surface area contributed by atoms with Gasteiger partial charge in [-0.3, -0.25) is 9.59 Å². The van der Waals surface area contributed by atoms with Crippen LogP contribution in [0.15, 0.2) is 65.8 Å². The van der Waals surface area contributed by atoms with Crippen LogP contribution < -0.4 is 25.0 Å². The van der Waals surface area contributed by atoms with Crippen LogP contribution in [0.5, 0.6) is 17.2 Å². The summed E-state index contributed by atoms with van der Waals surface area (Å²) in [5.41, 5.74) is 3.78. The molecule has 0 bridgehead atoms. The van der Waals surface area contributed by atoms with E-state index in [1.165, 1.54) is 26.5 Å². The van der Waals surface area contributed by atoms with E-state index in [9.17, 15) is 9.59 Å². The Morgan fingerprint density at radius 2 is 1.65 bits per heavy atom. The lowest BCUT2D eigenvalue weighted by molar-refractivity contribution is -0.136. The fourth-order valence-electron chi connectivity index (χ4n) is 2.82. The third kappa shape index (κ3) is 6.63. The van der Waals surface area contributed by atoms with E-state index in [2.05, 4.69) is 15.8 Å². The summed E-state index contributed by atoms with van der Waals surface area (Å²) in [7, 11) is 2.93. The summed E-state index contributed by atoms with van der Waals surface area (Å²) in [6.45, 7) is 0.184. The van der Waals surface area contributed by atoms with Crippen LogP contribution in [-0.2, 0) is 16.2 Å². The van der Waals surface area contributed by atoms with E-state index in [0.29, 0.717) is 38.4 Å². The standard InChI is InChI=1S/C24H21Cl2N3O5/c1-32-16-9-10-22(33-2)21(12-16)28-23(30)24(31)29-27-13-15-5-3-6-17(11-15)34-14-18-19(25)7-4-8-20(18)26/h3-13H,14H2,1-2H3,(H,28,30)(H,29,31)/b27-13+. The molecule has 3 rings (SSSR count). The molecule has 2 amide bonds. The van der Waals surface area contributed by atoms with Crippen LogP contribution >= 0.6 is 23.2 Å². The SMILES string of the molecule is COc1ccc(OC)c(NC(=O)C(=O)N/N=C/c2cccc(OCc3c(Cl)cccc3Cl)c2)c1. The average Bonchev–Trinajstić information content (AvgIpc) is 2.83. The largest absolute Gasteiger partial charge is 0.497 e. The maximum Gasteiger partial charge on any atom is 0.329 e. The van der Waals surface area contributed by atoms with Crippen LogP contribution in [0, 0.1) is 0 Å². The molecular formula is C24H21Cl2N3O5. The van der Waals surface area contributed by atoms with E-state index in [-0.39, 0.29) is 12.3 Å². The Bertz CT molecular complexity index is 1200. The molecule has 0 aliphatic heterocycles. The molecule has 8 nitrogen and oxygen atoms in total. The van der Waals surface area contributed by atoms with Crippen LogP contribution in [0.4, 0.5) is 5.69 Å². The van der Waals surface area contributed by atoms with Crippen LogP contribution in [0.1, 0.15) is 11.1 Å². The van der Waals surface area contributed by atoms with E-state index in [1.807, 2.05) is 0 Å². The van der Waals surface area contributed by atoms with Gasteiger partial charge in [0.25, 0.3) is 0 Å². The number of rotatable bonds is 8. The number of nitrogens with one attached hydrogen (secondary N) is 2. The molecule has 176 valence electrons. The number of nitrogens with zero attached hydrogens (tertiary/aromatic N) is 1. The number of hydrogen-bond donors (Lipinski definition) is 2. The van der Waals surface area contributed by atoms with E-state index in [4.69, 9.17) is 37.4 Å². The van der Waals surface area contributed by atoms with Gasteiger partial charge >= 0.3 is 11.8 Å². The minimum Gasteiger partial charge on any atom is -0.497 e. The van der Waals surface area contributed by atoms with Crippen molar-refractivity contribution in [2.24, 2.45) is 5.10 Å². The molecule has 2 N–H and O–H groups in total. The van der Waals surface area contributed by atoms with Gasteiger partial charge in [-0.05, 0) is 42.0 Å². The Labute approximate surface area is 206 Å². The summed E-state index contributed by atoms with van der Waals surface area (Å²) in [6.07, 6.45) is 1.38. The number of anilines is 1. The predicted molar refractivity (Wildman–Crippen MR) is 131 cm³/mol. The minimum atomic E-state index is -0.957. The van der Waals surface area contributed by atoms with Crippen LogP contribution in [0.2, 0.25) is 10.0 Å². The number of amides is 2. The maximum atomic E-state index is 12.2. The predicted octanol–water partition coefficient (Wildman–Crippen LogP) is 4.68. The zero-order valence-corrected chi connectivity index (χ0v) is 19.8. The van der Waals surface area contributed by atoms with E-state index < -0.39 is 11.8 Å². The molecule has 10 heteroatoms. The summed E-state index contributed by atoms with van der Waals surface area (Å²) in [5, 5.41) is 7.32. The van der Waals surface area contributed by atoms with Crippen LogP contribution in [-0.4, -0.2) is 32.2 Å². The lowest BCUT2D eigenvalue weighted by atomic mass is 10.2. The van der Waals surface area contributed by atoms with Gasteiger partial charge in [-0.2, -0.15) is 5.10 Å². The third-order valence-corrected chi connectivity index (χ3v) is 5.25. The number of halogens is 2. The quantitative estimate of drug-likeness (QED) is 0.265. The first-order chi connectivity index (χ1) is 16.4. The van der Waals surface area contributed by atoms with Gasteiger partial charge in [0, 0.05) is 21.7 Å². The van der Waals surface area contributed by atoms with Gasteiger partial charge in [-0.1, -0.05) is 41.4 Å². The van der Waals surface area contributed by atoms with Gasteiger partial charge in [0.1, 0.15) is 23.9 Å². The van der Waals surface area contributed by atoms with Crippen molar-refractivity contribution >= 4 is 46.9 Å². The smallest absolute Gasteiger partial charge is 0.329 e. The summed E-state index contributed by atoms with van der Waals surface area (Å²) >= 11 is 12.3. The Balaban J connectivity index is 1.58. The molecule has 0 saturated carbocycles. The molecule has 0 aromatic heterocycles. The summed E-state index contributed by atoms with van der Waals surface area (Å²) in [4.78, 5) is 24.3. The second kappa shape index (κ2) is 11.9. The van der Waals surface area contributed by atoms with E-state index >= 15 is 0 Å². The zero-order chi connectivity index (χ0) is 24.5. The Morgan fingerprint density at radius 1 is 0.912 bits per heavy atom. The fraction of sp³-hybridized carbons (Fsp3) is 0.125. The molecule has 0 heterocycles. The minimum absolute atomic E-state index is 0.184. The summed E-state index contributed by atoms with van der Waals surface area (Å²) in [6, 6.07) is 17.0. The molecule has 0 radical (unpaired) electrons. The molecule has 0 spiro atoms. The van der Waals surface area contributed by atoms with Gasteiger partial charge in [0.2, 0.25) is 0 Å². The molecule has 0 fully saturated rings. The van der Waals surface area contributed by atoms with Crippen molar-refractivity contribution in [2.75, 3.05) is 19.5 Å². The van der Waals surface area contributed by atoms with Gasteiger partial charge < -0.3 is 19.5 Å². The number of carbonyl (C=O) groups excluding carboxylic acids is 2. The van der Waals surface area contributed by atoms with E-state index in [0.717, 1.165) is 0 Å². The number of hydrazone groups is 1. The first-order valence-corrected chi connectivity index (χ1v) is 10.7. The van der Waals surface area contributed by atoms with Crippen LogP contribution in [0.3, 0.4) is 0 Å². The van der Waals surface area contributed by atoms with Gasteiger partial charge in [-0.15, -0.1) is 0 Å². The molecule has 0 unspecified atom stereocenters. The normalized spacial score (nSPS) is 10.6. The number of benzene rings is 3. The number of hydrogen-bond acceptors (Lipinski definition) is 6. The molecule has 0 aliphatic carbocycles. The van der Waals surface area contributed by atoms with Crippen molar-refractivity contribution in [2.45, 2.75) is 6.61 Å². The van der Waals surface area contributed by atoms with Crippen molar-refractivity contribution in [1.82, 2.24) is 5.43 Å². The number of methoxy groups -OCH3 is 2. The molecule has 0 atom stereocenters. The van der Waals surface area contributed by atoms with Gasteiger partial charge in [0.05, 0.1) is 26.1 Å². The third-order valence-electron chi connectivity index (χ3n) is 4.54. The number of ether oxygens (including phenoxy) is 3. The average molecular weight is 502 g/mol. The van der Waals surface area contributed by atoms with Crippen molar-refractivity contribution in [3.05, 3.63) is 81.8 Å². The molecule has 3 aromatic carbocycles. The first kappa shape index (κ1) is 24.9. The van der Waals surface area contributed by atoms with Gasteiger partial charge in [-0.25, -0.2) is 5.43 Å². The molecular weight excluding hydrogens is 481 g/mol. The second-order valence-electron chi connectivity index (χ2n) is 6.78. The van der Waals surface area contributed by atoms with E-state index in [1.54, 1.807) is 54.6 Å². The Morgan fingerprint density at radius 3 is 2.35 bits per heavy atom. The second-order valence-corrected chi connectivity index (χ2v) is 7.60. The van der Waals surface area contributed by atoms with Crippen molar-refractivity contribution in [1.29, 1.82) is 0 Å². The van der Waals surface area contributed by atoms with Crippen molar-refractivity contribution in [3.8, 4) is 17.2 Å². The highest BCUT2D eigenvalue weighted by atomic mass is 35.5. The van der Waals surface area contributed by atoms with Crippen molar-refractivity contribution < 1.29 is 23.8 Å². The summed E-state index contributed by atoms with van der Waals surface area (Å²) < 4.78 is 16.1. The molecule has 0 aliphatic rings. The maximum absolute atomic E-state index is 12.2. The van der Waals surface area contributed by atoms with Gasteiger partial charge in [0.15, 0.2) is 0 Å². The molecule has 34 heavy (non-hydrogen) atoms. The lowest BCUT2D eigenvalue weighted by Crippen LogP contribution is -2.32. The molecule has 0 saturated heterocycles. The highest BCUT2D eigenvalue weighted by molar-refractivity contribution is 6.39. The topological polar surface area (TPSA) is 98.2 Å². The summed E-state index contributed by atoms with van der Waals surface area (Å²) in [5.74, 6) is -0.456. The number of carbonyl (C=O) groups is 2. The van der Waals surface area contributed by atoms with Crippen molar-refractivity contribution in [3.63, 3.8) is 0 Å². The fourth-order valence-corrected chi connectivity index (χ4v) is 3.32.